The Morgan fingerprint density at radius 1 is 0.938 bits per heavy atom. The van der Waals surface area contributed by atoms with E-state index in [4.69, 9.17) is 0 Å². The molecule has 4 aromatic rings. The molecule has 0 atom stereocenters. The summed E-state index contributed by atoms with van der Waals surface area (Å²) in [5.41, 5.74) is 5.49. The Morgan fingerprint density at radius 2 is 1.75 bits per heavy atom. The molecule has 0 unspecified atom stereocenters. The SMILES string of the molecule is CN=C(NCc1cccc(F)c1)NCc1ccccc1-c1ccc(Cn2cncn2)cc1. The molecule has 0 saturated heterocycles. The van der Waals surface area contributed by atoms with Crippen molar-refractivity contribution in [2.24, 2.45) is 4.99 Å². The van der Waals surface area contributed by atoms with E-state index in [1.807, 2.05) is 18.2 Å². The lowest BCUT2D eigenvalue weighted by Crippen LogP contribution is -2.36. The van der Waals surface area contributed by atoms with Gasteiger partial charge in [0.2, 0.25) is 0 Å². The van der Waals surface area contributed by atoms with Gasteiger partial charge in [-0.15, -0.1) is 0 Å². The maximum absolute atomic E-state index is 13.4. The van der Waals surface area contributed by atoms with Crippen LogP contribution in [0.3, 0.4) is 0 Å². The number of rotatable bonds is 7. The van der Waals surface area contributed by atoms with Crippen molar-refractivity contribution in [3.05, 3.63) is 108 Å². The molecule has 3 aromatic carbocycles. The van der Waals surface area contributed by atoms with Crippen LogP contribution in [0.2, 0.25) is 0 Å². The molecular formula is C25H25FN6. The Bertz CT molecular complexity index is 1170. The van der Waals surface area contributed by atoms with Gasteiger partial charge in [0, 0.05) is 20.1 Å². The molecule has 0 spiro atoms. The molecule has 2 N–H and O–H groups in total. The average Bonchev–Trinajstić information content (AvgIpc) is 3.33. The second kappa shape index (κ2) is 10.3. The van der Waals surface area contributed by atoms with Gasteiger partial charge in [0.25, 0.3) is 0 Å². The topological polar surface area (TPSA) is 67.1 Å². The molecular weight excluding hydrogens is 403 g/mol. The lowest BCUT2D eigenvalue weighted by atomic mass is 9.98. The normalized spacial score (nSPS) is 11.4. The van der Waals surface area contributed by atoms with Crippen molar-refractivity contribution < 1.29 is 4.39 Å². The number of aromatic nitrogens is 3. The van der Waals surface area contributed by atoms with Gasteiger partial charge in [-0.05, 0) is 39.9 Å². The standard InChI is InChI=1S/C25H25FN6/c1-27-25(29-14-20-5-4-7-23(26)13-20)30-15-22-6-2-3-8-24(22)21-11-9-19(10-12-21)16-32-18-28-17-31-32/h2-13,17-18H,14-16H2,1H3,(H2,27,29,30). The highest BCUT2D eigenvalue weighted by molar-refractivity contribution is 5.80. The highest BCUT2D eigenvalue weighted by atomic mass is 19.1. The Hall–Kier alpha value is -4.00. The summed E-state index contributed by atoms with van der Waals surface area (Å²) in [5.74, 6) is 0.417. The van der Waals surface area contributed by atoms with Crippen LogP contribution in [-0.4, -0.2) is 27.8 Å². The van der Waals surface area contributed by atoms with Gasteiger partial charge in [0.1, 0.15) is 18.5 Å². The van der Waals surface area contributed by atoms with Crippen molar-refractivity contribution in [1.29, 1.82) is 0 Å². The molecule has 1 aromatic heterocycles. The quantitative estimate of drug-likeness (QED) is 0.345. The maximum atomic E-state index is 13.4. The first-order valence-electron chi connectivity index (χ1n) is 10.4. The van der Waals surface area contributed by atoms with E-state index in [0.29, 0.717) is 25.6 Å². The third-order valence-electron chi connectivity index (χ3n) is 5.11. The van der Waals surface area contributed by atoms with Gasteiger partial charge in [0.15, 0.2) is 5.96 Å². The van der Waals surface area contributed by atoms with Crippen LogP contribution in [0.5, 0.6) is 0 Å². The zero-order chi connectivity index (χ0) is 22.2. The summed E-state index contributed by atoms with van der Waals surface area (Å²) in [7, 11) is 1.72. The highest BCUT2D eigenvalue weighted by Gasteiger charge is 2.07. The average molecular weight is 429 g/mol. The summed E-state index contributed by atoms with van der Waals surface area (Å²) >= 11 is 0. The number of nitrogens with one attached hydrogen (secondary N) is 2. The zero-order valence-corrected chi connectivity index (χ0v) is 17.9. The molecule has 0 saturated carbocycles. The van der Waals surface area contributed by atoms with Gasteiger partial charge >= 0.3 is 0 Å². The number of benzene rings is 3. The van der Waals surface area contributed by atoms with Crippen molar-refractivity contribution in [3.8, 4) is 11.1 Å². The fraction of sp³-hybridized carbons (Fsp3) is 0.160. The molecule has 0 radical (unpaired) electrons. The maximum Gasteiger partial charge on any atom is 0.191 e. The second-order valence-electron chi connectivity index (χ2n) is 7.36. The van der Waals surface area contributed by atoms with Crippen LogP contribution < -0.4 is 10.6 Å². The number of hydrogen-bond acceptors (Lipinski definition) is 3. The molecule has 0 bridgehead atoms. The smallest absolute Gasteiger partial charge is 0.191 e. The Balaban J connectivity index is 1.40. The number of nitrogens with zero attached hydrogens (tertiary/aromatic N) is 4. The predicted octanol–water partition coefficient (Wildman–Crippen LogP) is 4.00. The first-order chi connectivity index (χ1) is 15.7. The summed E-state index contributed by atoms with van der Waals surface area (Å²) in [6, 6.07) is 23.3. The molecule has 0 aliphatic heterocycles. The monoisotopic (exact) mass is 428 g/mol. The molecule has 0 aliphatic rings. The molecule has 7 heteroatoms. The fourth-order valence-corrected chi connectivity index (χ4v) is 3.48. The minimum atomic E-state index is -0.242. The molecule has 0 aliphatic carbocycles. The van der Waals surface area contributed by atoms with Gasteiger partial charge < -0.3 is 10.6 Å². The van der Waals surface area contributed by atoms with Crippen LogP contribution in [0.15, 0.2) is 90.4 Å². The van der Waals surface area contributed by atoms with Gasteiger partial charge in [-0.3, -0.25) is 4.99 Å². The van der Waals surface area contributed by atoms with Crippen molar-refractivity contribution in [3.63, 3.8) is 0 Å². The predicted molar refractivity (Wildman–Crippen MR) is 124 cm³/mol. The molecule has 4 rings (SSSR count). The summed E-state index contributed by atoms with van der Waals surface area (Å²) in [6.07, 6.45) is 3.25. The van der Waals surface area contributed by atoms with E-state index >= 15 is 0 Å². The Morgan fingerprint density at radius 3 is 2.50 bits per heavy atom. The summed E-state index contributed by atoms with van der Waals surface area (Å²) in [4.78, 5) is 8.26. The van der Waals surface area contributed by atoms with E-state index in [1.54, 1.807) is 30.5 Å². The molecule has 0 amide bonds. The second-order valence-corrected chi connectivity index (χ2v) is 7.36. The molecule has 0 fully saturated rings. The summed E-state index contributed by atoms with van der Waals surface area (Å²) < 4.78 is 15.2. The van der Waals surface area contributed by atoms with Crippen LogP contribution in [0.25, 0.3) is 11.1 Å². The van der Waals surface area contributed by atoms with Crippen molar-refractivity contribution in [1.82, 2.24) is 25.4 Å². The van der Waals surface area contributed by atoms with Crippen LogP contribution in [0, 0.1) is 5.82 Å². The number of halogens is 1. The first kappa shape index (κ1) is 21.2. The highest BCUT2D eigenvalue weighted by Crippen LogP contribution is 2.24. The van der Waals surface area contributed by atoms with Crippen LogP contribution in [0.1, 0.15) is 16.7 Å². The van der Waals surface area contributed by atoms with E-state index in [1.165, 1.54) is 12.1 Å². The Labute approximate surface area is 186 Å². The lowest BCUT2D eigenvalue weighted by Gasteiger charge is -2.15. The first-order valence-corrected chi connectivity index (χ1v) is 10.4. The van der Waals surface area contributed by atoms with E-state index in [0.717, 1.165) is 27.8 Å². The molecule has 162 valence electrons. The summed E-state index contributed by atoms with van der Waals surface area (Å²) in [6.45, 7) is 1.79. The van der Waals surface area contributed by atoms with Gasteiger partial charge in [-0.1, -0.05) is 60.7 Å². The van der Waals surface area contributed by atoms with E-state index in [2.05, 4.69) is 62.1 Å². The zero-order valence-electron chi connectivity index (χ0n) is 17.9. The van der Waals surface area contributed by atoms with Crippen molar-refractivity contribution in [2.75, 3.05) is 7.05 Å². The third kappa shape index (κ3) is 5.57. The van der Waals surface area contributed by atoms with Crippen molar-refractivity contribution in [2.45, 2.75) is 19.6 Å². The van der Waals surface area contributed by atoms with E-state index < -0.39 is 0 Å². The molecule has 32 heavy (non-hydrogen) atoms. The minimum Gasteiger partial charge on any atom is -0.352 e. The minimum absolute atomic E-state index is 0.242. The van der Waals surface area contributed by atoms with Gasteiger partial charge in [-0.25, -0.2) is 14.1 Å². The Kier molecular flexibility index (Phi) is 6.87. The van der Waals surface area contributed by atoms with Gasteiger partial charge in [-0.2, -0.15) is 5.10 Å². The van der Waals surface area contributed by atoms with E-state index in [9.17, 15) is 4.39 Å². The third-order valence-corrected chi connectivity index (χ3v) is 5.11. The van der Waals surface area contributed by atoms with Crippen molar-refractivity contribution >= 4 is 5.96 Å². The lowest BCUT2D eigenvalue weighted by molar-refractivity contribution is 0.624. The fourth-order valence-electron chi connectivity index (χ4n) is 3.48. The molecule has 6 nitrogen and oxygen atoms in total. The number of aliphatic imine (C=N–C) groups is 1. The molecule has 1 heterocycles. The van der Waals surface area contributed by atoms with E-state index in [-0.39, 0.29) is 5.82 Å². The van der Waals surface area contributed by atoms with Gasteiger partial charge in [0.05, 0.1) is 6.54 Å². The number of guanidine groups is 1. The summed E-state index contributed by atoms with van der Waals surface area (Å²) in [5, 5.41) is 10.7. The van der Waals surface area contributed by atoms with Crippen LogP contribution in [-0.2, 0) is 19.6 Å². The largest absolute Gasteiger partial charge is 0.352 e. The number of hydrogen-bond donors (Lipinski definition) is 2. The van der Waals surface area contributed by atoms with Crippen LogP contribution in [0.4, 0.5) is 4.39 Å². The van der Waals surface area contributed by atoms with Crippen LogP contribution >= 0.6 is 0 Å².